The lowest BCUT2D eigenvalue weighted by atomic mass is 10.2. The molecular formula is C18H20ClN3O3S. The van der Waals surface area contributed by atoms with E-state index in [1.165, 1.54) is 6.08 Å². The molecule has 0 saturated carbocycles. The highest BCUT2D eigenvalue weighted by atomic mass is 35.5. The molecule has 26 heavy (non-hydrogen) atoms. The smallest absolute Gasteiger partial charge is 0.248 e. The summed E-state index contributed by atoms with van der Waals surface area (Å²) in [6, 6.07) is 7.24. The second kappa shape index (κ2) is 7.25. The molecule has 0 spiro atoms. The second-order valence-electron chi connectivity index (χ2n) is 6.48. The Kier molecular flexibility index (Phi) is 5.20. The van der Waals surface area contributed by atoms with E-state index in [1.807, 2.05) is 31.2 Å². The zero-order chi connectivity index (χ0) is 18.9. The number of aromatic nitrogens is 2. The number of benzene rings is 1. The van der Waals surface area contributed by atoms with Gasteiger partial charge in [0.1, 0.15) is 5.15 Å². The molecule has 1 aromatic heterocycles. The summed E-state index contributed by atoms with van der Waals surface area (Å²) < 4.78 is 24.9. The number of hydrogen-bond acceptors (Lipinski definition) is 4. The fraction of sp³-hybridized carbons (Fsp3) is 0.333. The number of nitrogens with zero attached hydrogens (tertiary/aromatic N) is 2. The Morgan fingerprint density at radius 2 is 2.00 bits per heavy atom. The van der Waals surface area contributed by atoms with Crippen LogP contribution >= 0.6 is 11.6 Å². The van der Waals surface area contributed by atoms with Crippen molar-refractivity contribution in [3.63, 3.8) is 0 Å². The third kappa shape index (κ3) is 4.16. The Morgan fingerprint density at radius 3 is 2.62 bits per heavy atom. The Bertz CT molecular complexity index is 962. The molecule has 1 amide bonds. The van der Waals surface area contributed by atoms with Crippen molar-refractivity contribution >= 4 is 39.1 Å². The average Bonchev–Trinajstić information content (AvgIpc) is 3.07. The van der Waals surface area contributed by atoms with E-state index in [-0.39, 0.29) is 23.5 Å². The minimum absolute atomic E-state index is 0.0465. The fourth-order valence-electron chi connectivity index (χ4n) is 2.91. The highest BCUT2D eigenvalue weighted by Gasteiger charge is 2.31. The number of amides is 1. The first-order valence-corrected chi connectivity index (χ1v) is 10.5. The molecule has 1 aliphatic heterocycles. The fourth-order valence-corrected chi connectivity index (χ4v) is 4.98. The van der Waals surface area contributed by atoms with E-state index in [9.17, 15) is 13.2 Å². The van der Waals surface area contributed by atoms with Crippen LogP contribution in [-0.2, 0) is 14.6 Å². The van der Waals surface area contributed by atoms with Gasteiger partial charge in [-0.05, 0) is 38.5 Å². The number of halogens is 1. The molecule has 8 heteroatoms. The van der Waals surface area contributed by atoms with Crippen LogP contribution in [0, 0.1) is 13.8 Å². The SMILES string of the molecule is Cc1ccc(NC(=O)/C=C/c2c(C)nn([C@H]3CCS(=O)(=O)C3)c2Cl)cc1. The van der Waals surface area contributed by atoms with Crippen LogP contribution in [0.25, 0.3) is 6.08 Å². The average molecular weight is 394 g/mol. The van der Waals surface area contributed by atoms with Gasteiger partial charge >= 0.3 is 0 Å². The summed E-state index contributed by atoms with van der Waals surface area (Å²) in [4.78, 5) is 12.1. The van der Waals surface area contributed by atoms with Crippen LogP contribution in [0.2, 0.25) is 5.15 Å². The molecule has 0 unspecified atom stereocenters. The maximum absolute atomic E-state index is 12.1. The minimum Gasteiger partial charge on any atom is -0.323 e. The van der Waals surface area contributed by atoms with Crippen LogP contribution in [0.1, 0.15) is 29.3 Å². The largest absolute Gasteiger partial charge is 0.323 e. The van der Waals surface area contributed by atoms with Gasteiger partial charge in [-0.1, -0.05) is 29.3 Å². The monoisotopic (exact) mass is 393 g/mol. The normalized spacial score (nSPS) is 19.1. The molecule has 138 valence electrons. The van der Waals surface area contributed by atoms with Gasteiger partial charge in [0.05, 0.1) is 23.2 Å². The summed E-state index contributed by atoms with van der Waals surface area (Å²) in [5.74, 6) is -0.0809. The van der Waals surface area contributed by atoms with Gasteiger partial charge in [0.25, 0.3) is 0 Å². The highest BCUT2D eigenvalue weighted by Crippen LogP contribution is 2.30. The van der Waals surface area contributed by atoms with E-state index >= 15 is 0 Å². The maximum atomic E-state index is 12.1. The van der Waals surface area contributed by atoms with Crippen molar-refractivity contribution < 1.29 is 13.2 Å². The number of aryl methyl sites for hydroxylation is 2. The molecule has 1 saturated heterocycles. The molecule has 1 atom stereocenters. The van der Waals surface area contributed by atoms with Crippen molar-refractivity contribution in [1.82, 2.24) is 9.78 Å². The number of hydrogen-bond donors (Lipinski definition) is 1. The van der Waals surface area contributed by atoms with Crippen molar-refractivity contribution in [3.05, 3.63) is 52.3 Å². The number of anilines is 1. The molecule has 1 aliphatic rings. The first kappa shape index (κ1) is 18.7. The van der Waals surface area contributed by atoms with Gasteiger partial charge < -0.3 is 5.32 Å². The molecule has 1 fully saturated rings. The van der Waals surface area contributed by atoms with Crippen LogP contribution < -0.4 is 5.32 Å². The molecule has 0 radical (unpaired) electrons. The summed E-state index contributed by atoms with van der Waals surface area (Å²) in [5.41, 5.74) is 3.09. The molecule has 2 heterocycles. The summed E-state index contributed by atoms with van der Waals surface area (Å²) in [6.45, 7) is 3.76. The van der Waals surface area contributed by atoms with Crippen LogP contribution in [0.15, 0.2) is 30.3 Å². The number of rotatable bonds is 4. The minimum atomic E-state index is -3.03. The van der Waals surface area contributed by atoms with Crippen LogP contribution in [0.3, 0.4) is 0 Å². The van der Waals surface area contributed by atoms with Crippen molar-refractivity contribution in [1.29, 1.82) is 0 Å². The third-order valence-corrected chi connectivity index (χ3v) is 6.47. The number of carbonyl (C=O) groups excluding carboxylic acids is 1. The third-order valence-electron chi connectivity index (χ3n) is 4.35. The molecule has 1 N–H and O–H groups in total. The van der Waals surface area contributed by atoms with Gasteiger partial charge in [0.2, 0.25) is 5.91 Å². The zero-order valence-electron chi connectivity index (χ0n) is 14.6. The molecule has 3 rings (SSSR count). The maximum Gasteiger partial charge on any atom is 0.248 e. The summed E-state index contributed by atoms with van der Waals surface area (Å²) in [7, 11) is -3.03. The first-order valence-electron chi connectivity index (χ1n) is 8.26. The molecule has 0 bridgehead atoms. The lowest BCUT2D eigenvalue weighted by Gasteiger charge is -2.09. The quantitative estimate of drug-likeness (QED) is 0.809. The van der Waals surface area contributed by atoms with E-state index in [1.54, 1.807) is 17.7 Å². The van der Waals surface area contributed by atoms with Crippen molar-refractivity contribution in [2.75, 3.05) is 16.8 Å². The van der Waals surface area contributed by atoms with Crippen molar-refractivity contribution in [2.24, 2.45) is 0 Å². The lowest BCUT2D eigenvalue weighted by Crippen LogP contribution is -2.12. The van der Waals surface area contributed by atoms with Crippen molar-refractivity contribution in [2.45, 2.75) is 26.3 Å². The zero-order valence-corrected chi connectivity index (χ0v) is 16.1. The van der Waals surface area contributed by atoms with E-state index in [0.29, 0.717) is 28.5 Å². The summed E-state index contributed by atoms with van der Waals surface area (Å²) in [5, 5.41) is 7.49. The molecule has 2 aromatic rings. The second-order valence-corrected chi connectivity index (χ2v) is 9.07. The predicted octanol–water partition coefficient (Wildman–Crippen LogP) is 3.16. The Morgan fingerprint density at radius 1 is 1.31 bits per heavy atom. The summed E-state index contributed by atoms with van der Waals surface area (Å²) >= 11 is 6.39. The van der Waals surface area contributed by atoms with Gasteiger partial charge in [-0.2, -0.15) is 5.10 Å². The number of carbonyl (C=O) groups is 1. The highest BCUT2D eigenvalue weighted by molar-refractivity contribution is 7.91. The van der Waals surface area contributed by atoms with E-state index < -0.39 is 9.84 Å². The lowest BCUT2D eigenvalue weighted by molar-refractivity contribution is -0.111. The molecule has 6 nitrogen and oxygen atoms in total. The van der Waals surface area contributed by atoms with Gasteiger partial charge in [-0.25, -0.2) is 13.1 Å². The van der Waals surface area contributed by atoms with Crippen LogP contribution in [0.4, 0.5) is 5.69 Å². The number of sulfone groups is 1. The molecular weight excluding hydrogens is 374 g/mol. The van der Waals surface area contributed by atoms with Gasteiger partial charge in [0, 0.05) is 17.3 Å². The Balaban J connectivity index is 1.74. The first-order chi connectivity index (χ1) is 12.2. The topological polar surface area (TPSA) is 81.1 Å². The standard InChI is InChI=1S/C18H20ClN3O3S/c1-12-3-5-14(6-4-12)20-17(23)8-7-16-13(2)21-22(18(16)19)15-9-10-26(24,25)11-15/h3-8,15H,9-11H2,1-2H3,(H,20,23)/b8-7+/t15-/m0/s1. The van der Waals surface area contributed by atoms with E-state index in [4.69, 9.17) is 11.6 Å². The van der Waals surface area contributed by atoms with Crippen LogP contribution in [0.5, 0.6) is 0 Å². The predicted molar refractivity (Wildman–Crippen MR) is 103 cm³/mol. The van der Waals surface area contributed by atoms with Crippen LogP contribution in [-0.4, -0.2) is 35.6 Å². The van der Waals surface area contributed by atoms with Crippen molar-refractivity contribution in [3.8, 4) is 0 Å². The Labute approximate surface area is 157 Å². The number of nitrogens with one attached hydrogen (secondary N) is 1. The van der Waals surface area contributed by atoms with E-state index in [0.717, 1.165) is 5.56 Å². The summed E-state index contributed by atoms with van der Waals surface area (Å²) in [6.07, 6.45) is 3.50. The van der Waals surface area contributed by atoms with Gasteiger partial charge in [-0.15, -0.1) is 0 Å². The van der Waals surface area contributed by atoms with Gasteiger partial charge in [-0.3, -0.25) is 4.79 Å². The Hall–Kier alpha value is -2.12. The molecule has 0 aliphatic carbocycles. The molecule has 1 aromatic carbocycles. The van der Waals surface area contributed by atoms with Gasteiger partial charge in [0.15, 0.2) is 9.84 Å². The van der Waals surface area contributed by atoms with E-state index in [2.05, 4.69) is 10.4 Å².